The molecule has 0 aromatic heterocycles. The summed E-state index contributed by atoms with van der Waals surface area (Å²) in [5.74, 6) is 1.34. The van der Waals surface area contributed by atoms with E-state index in [-0.39, 0.29) is 36.4 Å². The van der Waals surface area contributed by atoms with Gasteiger partial charge in [0.25, 0.3) is 0 Å². The van der Waals surface area contributed by atoms with Crippen LogP contribution in [0.2, 0.25) is 0 Å². The minimum Gasteiger partial charge on any atom is -0.492 e. The van der Waals surface area contributed by atoms with Gasteiger partial charge in [-0.3, -0.25) is 4.79 Å². The van der Waals surface area contributed by atoms with Crippen LogP contribution < -0.4 is 15.4 Å². The van der Waals surface area contributed by atoms with E-state index in [1.165, 1.54) is 10.5 Å². The number of aryl methyl sites for hydroxylation is 1. The Morgan fingerprint density at radius 3 is 2.54 bits per heavy atom. The molecule has 0 saturated heterocycles. The number of ether oxygens (including phenoxy) is 1. The average molecular weight is 446 g/mol. The molecule has 0 atom stereocenters. The highest BCUT2D eigenvalue weighted by atomic mass is 127. The van der Waals surface area contributed by atoms with Crippen molar-refractivity contribution in [1.82, 2.24) is 15.5 Å². The molecule has 0 aliphatic carbocycles. The van der Waals surface area contributed by atoms with Crippen LogP contribution in [-0.2, 0) is 4.79 Å². The molecule has 1 amide bonds. The van der Waals surface area contributed by atoms with Crippen LogP contribution in [0.4, 0.5) is 0 Å². The fourth-order valence-electron chi connectivity index (χ4n) is 1.60. The van der Waals surface area contributed by atoms with Gasteiger partial charge in [-0.15, -0.1) is 30.6 Å². The van der Waals surface area contributed by atoms with E-state index in [9.17, 15) is 4.79 Å². The highest BCUT2D eigenvalue weighted by molar-refractivity contribution is 14.0. The Balaban J connectivity index is 0.00000529. The summed E-state index contributed by atoms with van der Waals surface area (Å²) in [6, 6.07) is 7.90. The first-order valence-electron chi connectivity index (χ1n) is 7.55. The minimum atomic E-state index is -0.0550. The molecule has 1 aromatic rings. The smallest absolute Gasteiger partial charge is 0.243 e. The maximum absolute atomic E-state index is 11.6. The van der Waals surface area contributed by atoms with Crippen molar-refractivity contribution in [3.05, 3.63) is 42.5 Å². The number of halogens is 1. The van der Waals surface area contributed by atoms with Crippen LogP contribution in [0, 0.1) is 6.92 Å². The average Bonchev–Trinajstić information content (AvgIpc) is 2.54. The topological polar surface area (TPSA) is 66.0 Å². The van der Waals surface area contributed by atoms with Crippen molar-refractivity contribution in [2.24, 2.45) is 4.99 Å². The summed E-state index contributed by atoms with van der Waals surface area (Å²) < 4.78 is 5.64. The van der Waals surface area contributed by atoms with Crippen LogP contribution in [0.15, 0.2) is 41.9 Å². The first-order valence-corrected chi connectivity index (χ1v) is 7.55. The lowest BCUT2D eigenvalue weighted by Crippen LogP contribution is -2.40. The summed E-state index contributed by atoms with van der Waals surface area (Å²) in [6.45, 7) is 7.43. The van der Waals surface area contributed by atoms with Crippen LogP contribution in [0.3, 0.4) is 0 Å². The number of guanidine groups is 1. The van der Waals surface area contributed by atoms with Crippen molar-refractivity contribution < 1.29 is 9.53 Å². The van der Waals surface area contributed by atoms with Gasteiger partial charge in [0.05, 0.1) is 6.54 Å². The number of aliphatic imine (C=N–C) groups is 1. The zero-order chi connectivity index (χ0) is 17.1. The SMILES string of the molecule is C=CCNC(=NCC(=O)N(C)C)NCCOc1ccc(C)cc1.I. The van der Waals surface area contributed by atoms with Crippen LogP contribution >= 0.6 is 24.0 Å². The Bertz CT molecular complexity index is 530. The monoisotopic (exact) mass is 446 g/mol. The number of likely N-dealkylation sites (N-methyl/N-ethyl adjacent to an activating group) is 1. The predicted molar refractivity (Wildman–Crippen MR) is 109 cm³/mol. The maximum Gasteiger partial charge on any atom is 0.243 e. The van der Waals surface area contributed by atoms with Gasteiger partial charge in [0, 0.05) is 20.6 Å². The number of rotatable bonds is 8. The van der Waals surface area contributed by atoms with Gasteiger partial charge in [0.2, 0.25) is 5.91 Å². The molecule has 0 aliphatic rings. The van der Waals surface area contributed by atoms with Gasteiger partial charge in [-0.1, -0.05) is 23.8 Å². The lowest BCUT2D eigenvalue weighted by atomic mass is 10.2. The molecule has 0 heterocycles. The van der Waals surface area contributed by atoms with Crippen molar-refractivity contribution in [3.63, 3.8) is 0 Å². The summed E-state index contributed by atoms with van der Waals surface area (Å²) >= 11 is 0. The lowest BCUT2D eigenvalue weighted by Gasteiger charge is -2.13. The van der Waals surface area contributed by atoms with Crippen molar-refractivity contribution >= 4 is 35.8 Å². The molecule has 2 N–H and O–H groups in total. The first-order chi connectivity index (χ1) is 11.0. The third-order valence-corrected chi connectivity index (χ3v) is 2.97. The van der Waals surface area contributed by atoms with E-state index < -0.39 is 0 Å². The second-order valence-corrected chi connectivity index (χ2v) is 5.21. The van der Waals surface area contributed by atoms with Crippen LogP contribution in [0.25, 0.3) is 0 Å². The molecule has 6 nitrogen and oxygen atoms in total. The molecule has 0 fully saturated rings. The quantitative estimate of drug-likeness (QED) is 0.210. The minimum absolute atomic E-state index is 0. The second-order valence-electron chi connectivity index (χ2n) is 5.21. The zero-order valence-corrected chi connectivity index (χ0v) is 16.9. The standard InChI is InChI=1S/C17H26N4O2.HI/c1-5-10-18-17(20-13-16(22)21(3)4)19-11-12-23-15-8-6-14(2)7-9-15;/h5-9H,1,10-13H2,2-4H3,(H2,18,19,20);1H. The number of benzene rings is 1. The van der Waals surface area contributed by atoms with Gasteiger partial charge < -0.3 is 20.3 Å². The highest BCUT2D eigenvalue weighted by Crippen LogP contribution is 2.10. The molecule has 1 aromatic carbocycles. The number of nitrogens with zero attached hydrogens (tertiary/aromatic N) is 2. The van der Waals surface area contributed by atoms with Crippen LogP contribution in [-0.4, -0.2) is 57.1 Å². The van der Waals surface area contributed by atoms with Crippen molar-refractivity contribution in [3.8, 4) is 5.75 Å². The molecule has 0 radical (unpaired) electrons. The number of nitrogens with one attached hydrogen (secondary N) is 2. The van der Waals surface area contributed by atoms with Crippen molar-refractivity contribution in [1.29, 1.82) is 0 Å². The Labute approximate surface area is 161 Å². The Hall–Kier alpha value is -1.77. The van der Waals surface area contributed by atoms with Gasteiger partial charge in [0.1, 0.15) is 18.9 Å². The molecular weight excluding hydrogens is 419 g/mol. The number of amides is 1. The Morgan fingerprint density at radius 2 is 1.96 bits per heavy atom. The van der Waals surface area contributed by atoms with Gasteiger partial charge in [-0.25, -0.2) is 4.99 Å². The zero-order valence-electron chi connectivity index (χ0n) is 14.5. The second kappa shape index (κ2) is 12.6. The van der Waals surface area contributed by atoms with Crippen LogP contribution in [0.5, 0.6) is 5.75 Å². The maximum atomic E-state index is 11.6. The Kier molecular flexibility index (Phi) is 11.7. The summed E-state index contributed by atoms with van der Waals surface area (Å²) in [6.07, 6.45) is 1.73. The molecule has 0 saturated carbocycles. The van der Waals surface area contributed by atoms with E-state index in [0.29, 0.717) is 25.7 Å². The van der Waals surface area contributed by atoms with E-state index in [0.717, 1.165) is 5.75 Å². The Morgan fingerprint density at radius 1 is 1.29 bits per heavy atom. The lowest BCUT2D eigenvalue weighted by molar-refractivity contribution is -0.127. The third-order valence-electron chi connectivity index (χ3n) is 2.97. The van der Waals surface area contributed by atoms with E-state index in [1.54, 1.807) is 20.2 Å². The molecule has 0 aliphatic heterocycles. The fraction of sp³-hybridized carbons (Fsp3) is 0.412. The highest BCUT2D eigenvalue weighted by Gasteiger charge is 2.04. The molecule has 7 heteroatoms. The van der Waals surface area contributed by atoms with Gasteiger partial charge in [-0.2, -0.15) is 0 Å². The third kappa shape index (κ3) is 9.39. The molecular formula is C17H27IN4O2. The summed E-state index contributed by atoms with van der Waals surface area (Å²) in [5, 5.41) is 6.19. The molecule has 134 valence electrons. The van der Waals surface area contributed by atoms with Gasteiger partial charge >= 0.3 is 0 Å². The first kappa shape index (κ1) is 22.2. The molecule has 0 unspecified atom stereocenters. The summed E-state index contributed by atoms with van der Waals surface area (Å²) in [7, 11) is 3.41. The summed E-state index contributed by atoms with van der Waals surface area (Å²) in [4.78, 5) is 17.3. The predicted octanol–water partition coefficient (Wildman–Crippen LogP) is 1.80. The largest absolute Gasteiger partial charge is 0.492 e. The van der Waals surface area contributed by atoms with E-state index in [4.69, 9.17) is 4.74 Å². The van der Waals surface area contributed by atoms with Gasteiger partial charge in [0.15, 0.2) is 5.96 Å². The van der Waals surface area contributed by atoms with E-state index in [2.05, 4.69) is 22.2 Å². The fourth-order valence-corrected chi connectivity index (χ4v) is 1.60. The van der Waals surface area contributed by atoms with E-state index in [1.807, 2.05) is 31.2 Å². The number of carbonyl (C=O) groups is 1. The number of hydrogen-bond donors (Lipinski definition) is 2. The molecule has 1 rings (SSSR count). The van der Waals surface area contributed by atoms with Crippen LogP contribution in [0.1, 0.15) is 5.56 Å². The number of carbonyl (C=O) groups excluding carboxylic acids is 1. The van der Waals surface area contributed by atoms with Crippen molar-refractivity contribution in [2.75, 3.05) is 40.3 Å². The summed E-state index contributed by atoms with van der Waals surface area (Å²) in [5.41, 5.74) is 1.20. The van der Waals surface area contributed by atoms with Gasteiger partial charge in [-0.05, 0) is 19.1 Å². The van der Waals surface area contributed by atoms with E-state index >= 15 is 0 Å². The normalized spacial score (nSPS) is 10.4. The number of hydrogen-bond acceptors (Lipinski definition) is 3. The van der Waals surface area contributed by atoms with Crippen molar-refractivity contribution in [2.45, 2.75) is 6.92 Å². The molecule has 0 spiro atoms. The molecule has 0 bridgehead atoms. The molecule has 24 heavy (non-hydrogen) atoms.